The van der Waals surface area contributed by atoms with E-state index >= 15 is 0 Å². The van der Waals surface area contributed by atoms with E-state index < -0.39 is 0 Å². The van der Waals surface area contributed by atoms with Crippen molar-refractivity contribution in [1.82, 2.24) is 24.9 Å². The van der Waals surface area contributed by atoms with Crippen molar-refractivity contribution in [3.05, 3.63) is 30.6 Å². The SMILES string of the molecule is C[C@@H](Oc1cc(-c2ccn(C)n2)cc2nn(C)cc12)[C@H]1CNC(=O)C1. The number of fused-ring (bicyclic) bond motifs is 1. The first-order valence-corrected chi connectivity index (χ1v) is 8.40. The van der Waals surface area contributed by atoms with Crippen LogP contribution in [0, 0.1) is 5.92 Å². The molecule has 130 valence electrons. The molecule has 2 aromatic heterocycles. The molecule has 0 unspecified atom stereocenters. The summed E-state index contributed by atoms with van der Waals surface area (Å²) in [6, 6.07) is 6.00. The minimum absolute atomic E-state index is 0.0682. The van der Waals surface area contributed by atoms with Crippen LogP contribution in [0.25, 0.3) is 22.2 Å². The van der Waals surface area contributed by atoms with Crippen molar-refractivity contribution >= 4 is 16.8 Å². The number of carbonyl (C=O) groups excluding carboxylic acids is 1. The zero-order valence-corrected chi connectivity index (χ0v) is 14.6. The average Bonchev–Trinajstić information content (AvgIpc) is 3.26. The van der Waals surface area contributed by atoms with Gasteiger partial charge in [-0.3, -0.25) is 14.2 Å². The molecule has 0 saturated carbocycles. The minimum Gasteiger partial charge on any atom is -0.490 e. The zero-order valence-electron chi connectivity index (χ0n) is 14.6. The molecule has 1 saturated heterocycles. The molecule has 1 amide bonds. The Balaban J connectivity index is 1.72. The fourth-order valence-corrected chi connectivity index (χ4v) is 3.28. The number of benzene rings is 1. The second-order valence-corrected chi connectivity index (χ2v) is 6.68. The lowest BCUT2D eigenvalue weighted by Gasteiger charge is -2.20. The molecule has 3 heterocycles. The minimum atomic E-state index is -0.0682. The van der Waals surface area contributed by atoms with Crippen molar-refractivity contribution in [2.24, 2.45) is 20.0 Å². The van der Waals surface area contributed by atoms with Crippen LogP contribution in [0.5, 0.6) is 5.75 Å². The summed E-state index contributed by atoms with van der Waals surface area (Å²) in [6.45, 7) is 2.68. The Bertz CT molecular complexity index is 942. The van der Waals surface area contributed by atoms with E-state index in [1.807, 2.05) is 51.6 Å². The quantitative estimate of drug-likeness (QED) is 0.787. The maximum Gasteiger partial charge on any atom is 0.220 e. The van der Waals surface area contributed by atoms with E-state index in [4.69, 9.17) is 4.74 Å². The first-order valence-electron chi connectivity index (χ1n) is 8.40. The number of aryl methyl sites for hydroxylation is 2. The van der Waals surface area contributed by atoms with Gasteiger partial charge < -0.3 is 10.1 Å². The number of rotatable bonds is 4. The van der Waals surface area contributed by atoms with Crippen LogP contribution in [0.3, 0.4) is 0 Å². The predicted molar refractivity (Wildman–Crippen MR) is 94.1 cm³/mol. The molecule has 2 atom stereocenters. The van der Waals surface area contributed by atoms with Crippen LogP contribution in [0.4, 0.5) is 0 Å². The maximum absolute atomic E-state index is 11.5. The number of aromatic nitrogens is 4. The number of hydrogen-bond donors (Lipinski definition) is 1. The van der Waals surface area contributed by atoms with Crippen molar-refractivity contribution < 1.29 is 9.53 Å². The summed E-state index contributed by atoms with van der Waals surface area (Å²) >= 11 is 0. The van der Waals surface area contributed by atoms with Crippen molar-refractivity contribution in [1.29, 1.82) is 0 Å². The van der Waals surface area contributed by atoms with E-state index in [9.17, 15) is 4.79 Å². The van der Waals surface area contributed by atoms with E-state index in [1.54, 1.807) is 9.36 Å². The molecule has 0 spiro atoms. The Morgan fingerprint density at radius 2 is 2.12 bits per heavy atom. The molecular formula is C18H21N5O2. The van der Waals surface area contributed by atoms with Crippen molar-refractivity contribution in [2.75, 3.05) is 6.54 Å². The number of amides is 1. The first kappa shape index (κ1) is 15.7. The Morgan fingerprint density at radius 1 is 1.28 bits per heavy atom. The fourth-order valence-electron chi connectivity index (χ4n) is 3.28. The lowest BCUT2D eigenvalue weighted by molar-refractivity contribution is -0.119. The molecular weight excluding hydrogens is 318 g/mol. The Labute approximate surface area is 145 Å². The molecule has 4 rings (SSSR count). The van der Waals surface area contributed by atoms with Gasteiger partial charge in [0.1, 0.15) is 11.9 Å². The van der Waals surface area contributed by atoms with E-state index in [0.717, 1.165) is 27.9 Å². The predicted octanol–water partition coefficient (Wildman–Crippen LogP) is 1.88. The van der Waals surface area contributed by atoms with Gasteiger partial charge in [0.05, 0.1) is 16.6 Å². The van der Waals surface area contributed by atoms with Crippen LogP contribution >= 0.6 is 0 Å². The molecule has 1 aliphatic heterocycles. The summed E-state index contributed by atoms with van der Waals surface area (Å²) in [5, 5.41) is 12.8. The van der Waals surface area contributed by atoms with Gasteiger partial charge in [-0.15, -0.1) is 0 Å². The molecule has 7 heteroatoms. The number of carbonyl (C=O) groups is 1. The topological polar surface area (TPSA) is 74.0 Å². The lowest BCUT2D eigenvalue weighted by atomic mass is 10.0. The highest BCUT2D eigenvalue weighted by Gasteiger charge is 2.28. The molecule has 1 aromatic carbocycles. The van der Waals surface area contributed by atoms with Gasteiger partial charge in [0.15, 0.2) is 0 Å². The molecule has 0 bridgehead atoms. The van der Waals surface area contributed by atoms with E-state index in [-0.39, 0.29) is 17.9 Å². The van der Waals surface area contributed by atoms with E-state index in [1.165, 1.54) is 0 Å². The van der Waals surface area contributed by atoms with Gasteiger partial charge in [0.25, 0.3) is 0 Å². The molecule has 0 aliphatic carbocycles. The van der Waals surface area contributed by atoms with Gasteiger partial charge >= 0.3 is 0 Å². The molecule has 0 radical (unpaired) electrons. The van der Waals surface area contributed by atoms with Crippen LogP contribution in [0.15, 0.2) is 30.6 Å². The van der Waals surface area contributed by atoms with Gasteiger partial charge in [-0.25, -0.2) is 0 Å². The van der Waals surface area contributed by atoms with Crippen molar-refractivity contribution in [3.63, 3.8) is 0 Å². The summed E-state index contributed by atoms with van der Waals surface area (Å²) in [4.78, 5) is 11.5. The third-order valence-electron chi connectivity index (χ3n) is 4.70. The summed E-state index contributed by atoms with van der Waals surface area (Å²) < 4.78 is 9.82. The summed E-state index contributed by atoms with van der Waals surface area (Å²) in [7, 11) is 3.79. The van der Waals surface area contributed by atoms with Crippen LogP contribution in [0.2, 0.25) is 0 Å². The van der Waals surface area contributed by atoms with Gasteiger partial charge in [-0.2, -0.15) is 10.2 Å². The number of nitrogens with zero attached hydrogens (tertiary/aromatic N) is 4. The highest BCUT2D eigenvalue weighted by molar-refractivity contribution is 5.89. The van der Waals surface area contributed by atoms with E-state index in [2.05, 4.69) is 15.5 Å². The maximum atomic E-state index is 11.5. The molecule has 1 N–H and O–H groups in total. The number of ether oxygens (including phenoxy) is 1. The van der Waals surface area contributed by atoms with Crippen molar-refractivity contribution in [3.8, 4) is 17.0 Å². The Kier molecular flexibility index (Phi) is 3.71. The normalized spacial score (nSPS) is 18.5. The summed E-state index contributed by atoms with van der Waals surface area (Å²) in [6.07, 6.45) is 4.31. The first-order chi connectivity index (χ1) is 12.0. The monoisotopic (exact) mass is 339 g/mol. The molecule has 3 aromatic rings. The Hall–Kier alpha value is -2.83. The van der Waals surface area contributed by atoms with Gasteiger partial charge in [-0.1, -0.05) is 0 Å². The standard InChI is InChI=1S/C18H21N5O2/c1-11(13-8-18(24)19-9-13)25-17-7-12(15-4-5-22(2)20-15)6-16-14(17)10-23(3)21-16/h4-7,10-11,13H,8-9H2,1-3H3,(H,19,24)/t11-,13-/m1/s1. The van der Waals surface area contributed by atoms with Crippen LogP contribution in [-0.2, 0) is 18.9 Å². The Morgan fingerprint density at radius 3 is 2.80 bits per heavy atom. The second kappa shape index (κ2) is 5.91. The molecule has 25 heavy (non-hydrogen) atoms. The third-order valence-corrected chi connectivity index (χ3v) is 4.70. The van der Waals surface area contributed by atoms with Gasteiger partial charge in [0.2, 0.25) is 5.91 Å². The van der Waals surface area contributed by atoms with Gasteiger partial charge in [0, 0.05) is 50.9 Å². The van der Waals surface area contributed by atoms with E-state index in [0.29, 0.717) is 13.0 Å². The van der Waals surface area contributed by atoms with Crippen LogP contribution < -0.4 is 10.1 Å². The fraction of sp³-hybridized carbons (Fsp3) is 0.389. The number of nitrogens with one attached hydrogen (secondary N) is 1. The molecule has 1 aliphatic rings. The highest BCUT2D eigenvalue weighted by Crippen LogP contribution is 2.33. The third kappa shape index (κ3) is 2.97. The molecule has 7 nitrogen and oxygen atoms in total. The lowest BCUT2D eigenvalue weighted by Crippen LogP contribution is -2.25. The van der Waals surface area contributed by atoms with Crippen LogP contribution in [0.1, 0.15) is 13.3 Å². The summed E-state index contributed by atoms with van der Waals surface area (Å²) in [5.74, 6) is 1.05. The summed E-state index contributed by atoms with van der Waals surface area (Å²) in [5.41, 5.74) is 2.72. The average molecular weight is 339 g/mol. The number of hydrogen-bond acceptors (Lipinski definition) is 4. The second-order valence-electron chi connectivity index (χ2n) is 6.68. The van der Waals surface area contributed by atoms with Crippen LogP contribution in [-0.4, -0.2) is 38.1 Å². The van der Waals surface area contributed by atoms with Gasteiger partial charge in [-0.05, 0) is 25.1 Å². The zero-order chi connectivity index (χ0) is 17.6. The molecule has 1 fully saturated rings. The largest absolute Gasteiger partial charge is 0.490 e. The smallest absolute Gasteiger partial charge is 0.220 e. The highest BCUT2D eigenvalue weighted by atomic mass is 16.5. The van der Waals surface area contributed by atoms with Crippen molar-refractivity contribution in [2.45, 2.75) is 19.4 Å².